The van der Waals surface area contributed by atoms with Crippen molar-refractivity contribution in [2.24, 2.45) is 0 Å². The highest BCUT2D eigenvalue weighted by Gasteiger charge is 2.21. The van der Waals surface area contributed by atoms with Gasteiger partial charge in [-0.1, -0.05) is 6.07 Å². The van der Waals surface area contributed by atoms with Crippen molar-refractivity contribution in [2.45, 2.75) is 13.0 Å². The fourth-order valence-corrected chi connectivity index (χ4v) is 3.51. The van der Waals surface area contributed by atoms with Gasteiger partial charge in [0.05, 0.1) is 14.2 Å². The fourth-order valence-electron chi connectivity index (χ4n) is 2.56. The molecule has 1 heterocycles. The van der Waals surface area contributed by atoms with Crippen molar-refractivity contribution in [3.8, 4) is 11.5 Å². The number of nitrogens with one attached hydrogen (secondary N) is 1. The van der Waals surface area contributed by atoms with Gasteiger partial charge in [0.15, 0.2) is 17.6 Å². The van der Waals surface area contributed by atoms with Crippen LogP contribution in [0.3, 0.4) is 0 Å². The standard InChI is InChI=1S/C20H18FNO5S/c1-11(19(23)22-12-7-8-15(25-2)16(9-12)26-3)27-20(24)18-10-13-14(21)5-4-6-17(13)28-18/h4-11H,1-3H3,(H,22,23)/t11-/m1/s1. The van der Waals surface area contributed by atoms with Crippen LogP contribution < -0.4 is 14.8 Å². The average Bonchev–Trinajstić information content (AvgIpc) is 3.13. The largest absolute Gasteiger partial charge is 0.493 e. The van der Waals surface area contributed by atoms with Gasteiger partial charge in [-0.15, -0.1) is 11.3 Å². The Bertz CT molecular complexity index is 1030. The monoisotopic (exact) mass is 403 g/mol. The van der Waals surface area contributed by atoms with Gasteiger partial charge in [-0.3, -0.25) is 4.79 Å². The third-order valence-corrected chi connectivity index (χ3v) is 5.09. The Labute approximate surface area is 164 Å². The number of hydrogen-bond acceptors (Lipinski definition) is 6. The molecule has 0 aliphatic heterocycles. The number of rotatable bonds is 6. The molecule has 1 N–H and O–H groups in total. The molecule has 0 aliphatic carbocycles. The van der Waals surface area contributed by atoms with Gasteiger partial charge in [0.2, 0.25) is 0 Å². The van der Waals surface area contributed by atoms with Gasteiger partial charge in [-0.2, -0.15) is 0 Å². The van der Waals surface area contributed by atoms with Crippen LogP contribution in [0.25, 0.3) is 10.1 Å². The van der Waals surface area contributed by atoms with Gasteiger partial charge in [-0.05, 0) is 37.3 Å². The summed E-state index contributed by atoms with van der Waals surface area (Å²) >= 11 is 1.11. The van der Waals surface area contributed by atoms with Crippen molar-refractivity contribution in [1.82, 2.24) is 0 Å². The number of methoxy groups -OCH3 is 2. The highest BCUT2D eigenvalue weighted by molar-refractivity contribution is 7.20. The van der Waals surface area contributed by atoms with E-state index in [2.05, 4.69) is 5.32 Å². The van der Waals surface area contributed by atoms with E-state index in [9.17, 15) is 14.0 Å². The lowest BCUT2D eigenvalue weighted by Gasteiger charge is -2.14. The van der Waals surface area contributed by atoms with E-state index in [-0.39, 0.29) is 4.88 Å². The molecule has 146 valence electrons. The van der Waals surface area contributed by atoms with E-state index in [4.69, 9.17) is 14.2 Å². The summed E-state index contributed by atoms with van der Waals surface area (Å²) in [6, 6.07) is 10.9. The number of ether oxygens (including phenoxy) is 3. The van der Waals surface area contributed by atoms with E-state index in [1.54, 1.807) is 30.3 Å². The molecule has 0 spiro atoms. The minimum Gasteiger partial charge on any atom is -0.493 e. The molecule has 1 atom stereocenters. The first-order valence-corrected chi connectivity index (χ1v) is 9.16. The topological polar surface area (TPSA) is 73.9 Å². The molecular formula is C20H18FNO5S. The molecule has 3 rings (SSSR count). The predicted molar refractivity (Wildman–Crippen MR) is 105 cm³/mol. The molecule has 28 heavy (non-hydrogen) atoms. The van der Waals surface area contributed by atoms with Gasteiger partial charge in [0.25, 0.3) is 5.91 Å². The summed E-state index contributed by atoms with van der Waals surface area (Å²) in [7, 11) is 3.00. The quantitative estimate of drug-likeness (QED) is 0.623. The highest BCUT2D eigenvalue weighted by Crippen LogP contribution is 2.30. The Hall–Kier alpha value is -3.13. The summed E-state index contributed by atoms with van der Waals surface area (Å²) in [6.07, 6.45) is -1.05. The Balaban J connectivity index is 1.68. The number of esters is 1. The Morgan fingerprint density at radius 2 is 1.82 bits per heavy atom. The lowest BCUT2D eigenvalue weighted by molar-refractivity contribution is -0.123. The zero-order valence-electron chi connectivity index (χ0n) is 15.4. The zero-order chi connectivity index (χ0) is 20.3. The van der Waals surface area contributed by atoms with Crippen molar-refractivity contribution in [3.05, 3.63) is 53.2 Å². The summed E-state index contributed by atoms with van der Waals surface area (Å²) < 4.78 is 30.0. The van der Waals surface area contributed by atoms with Gasteiger partial charge < -0.3 is 19.5 Å². The Morgan fingerprint density at radius 3 is 2.50 bits per heavy atom. The normalized spacial score (nSPS) is 11.7. The highest BCUT2D eigenvalue weighted by atomic mass is 32.1. The van der Waals surface area contributed by atoms with Crippen LogP contribution in [-0.4, -0.2) is 32.2 Å². The van der Waals surface area contributed by atoms with Crippen LogP contribution in [0.15, 0.2) is 42.5 Å². The number of fused-ring (bicyclic) bond motifs is 1. The number of carbonyl (C=O) groups is 2. The molecule has 0 radical (unpaired) electrons. The first kappa shape index (κ1) is 19.6. The van der Waals surface area contributed by atoms with E-state index in [0.717, 1.165) is 11.3 Å². The number of carbonyl (C=O) groups excluding carboxylic acids is 2. The smallest absolute Gasteiger partial charge is 0.349 e. The second-order valence-electron chi connectivity index (χ2n) is 5.87. The number of anilines is 1. The summed E-state index contributed by atoms with van der Waals surface area (Å²) in [4.78, 5) is 24.9. The first-order valence-electron chi connectivity index (χ1n) is 8.35. The number of benzene rings is 2. The average molecular weight is 403 g/mol. The maximum absolute atomic E-state index is 13.8. The van der Waals surface area contributed by atoms with Crippen molar-refractivity contribution in [1.29, 1.82) is 0 Å². The van der Waals surface area contributed by atoms with E-state index in [0.29, 0.717) is 27.3 Å². The van der Waals surface area contributed by atoms with Crippen molar-refractivity contribution >= 4 is 39.0 Å². The summed E-state index contributed by atoms with van der Waals surface area (Å²) in [5, 5.41) is 3.00. The van der Waals surface area contributed by atoms with Crippen LogP contribution in [0.2, 0.25) is 0 Å². The molecule has 6 nitrogen and oxygen atoms in total. The maximum atomic E-state index is 13.8. The number of halogens is 1. The molecule has 1 aromatic heterocycles. The minimum absolute atomic E-state index is 0.228. The van der Waals surface area contributed by atoms with Crippen LogP contribution in [0.5, 0.6) is 11.5 Å². The van der Waals surface area contributed by atoms with Crippen LogP contribution in [0.1, 0.15) is 16.6 Å². The van der Waals surface area contributed by atoms with Gasteiger partial charge in [-0.25, -0.2) is 9.18 Å². The molecule has 8 heteroatoms. The van der Waals surface area contributed by atoms with E-state index >= 15 is 0 Å². The second-order valence-corrected chi connectivity index (χ2v) is 6.95. The molecule has 0 aliphatic rings. The Morgan fingerprint density at radius 1 is 1.07 bits per heavy atom. The van der Waals surface area contributed by atoms with E-state index < -0.39 is 23.8 Å². The minimum atomic E-state index is -1.05. The van der Waals surface area contributed by atoms with Crippen molar-refractivity contribution in [2.75, 3.05) is 19.5 Å². The molecule has 0 saturated heterocycles. The molecule has 1 amide bonds. The number of thiophene rings is 1. The molecule has 0 saturated carbocycles. The van der Waals surface area contributed by atoms with Gasteiger partial charge in [0.1, 0.15) is 10.7 Å². The second kappa shape index (κ2) is 8.26. The van der Waals surface area contributed by atoms with E-state index in [1.807, 2.05) is 0 Å². The zero-order valence-corrected chi connectivity index (χ0v) is 16.3. The van der Waals surface area contributed by atoms with Crippen LogP contribution in [-0.2, 0) is 9.53 Å². The number of hydrogen-bond donors (Lipinski definition) is 1. The molecular weight excluding hydrogens is 385 g/mol. The summed E-state index contributed by atoms with van der Waals surface area (Å²) in [5.41, 5.74) is 0.467. The lowest BCUT2D eigenvalue weighted by Crippen LogP contribution is -2.29. The third kappa shape index (κ3) is 4.07. The maximum Gasteiger partial charge on any atom is 0.349 e. The van der Waals surface area contributed by atoms with Crippen molar-refractivity contribution in [3.63, 3.8) is 0 Å². The van der Waals surface area contributed by atoms with Gasteiger partial charge in [0, 0.05) is 21.8 Å². The third-order valence-electron chi connectivity index (χ3n) is 4.01. The molecule has 3 aromatic rings. The van der Waals surface area contributed by atoms with Crippen LogP contribution >= 0.6 is 11.3 Å². The first-order chi connectivity index (χ1) is 13.4. The summed E-state index contributed by atoms with van der Waals surface area (Å²) in [5.74, 6) is -0.621. The lowest BCUT2D eigenvalue weighted by atomic mass is 10.2. The van der Waals surface area contributed by atoms with Crippen LogP contribution in [0, 0.1) is 5.82 Å². The molecule has 2 aromatic carbocycles. The predicted octanol–water partition coefficient (Wildman–Crippen LogP) is 4.24. The van der Waals surface area contributed by atoms with Gasteiger partial charge >= 0.3 is 5.97 Å². The molecule has 0 bridgehead atoms. The molecule has 0 fully saturated rings. The fraction of sp³-hybridized carbons (Fsp3) is 0.200. The SMILES string of the molecule is COc1ccc(NC(=O)[C@@H](C)OC(=O)c2cc3c(F)cccc3s2)cc1OC. The van der Waals surface area contributed by atoms with E-state index in [1.165, 1.54) is 33.3 Å². The summed E-state index contributed by atoms with van der Waals surface area (Å²) in [6.45, 7) is 1.46. The van der Waals surface area contributed by atoms with Crippen molar-refractivity contribution < 1.29 is 28.2 Å². The molecule has 0 unspecified atom stereocenters. The van der Waals surface area contributed by atoms with Crippen LogP contribution in [0.4, 0.5) is 10.1 Å². The number of amides is 1. The Kier molecular flexibility index (Phi) is 5.79.